The summed E-state index contributed by atoms with van der Waals surface area (Å²) in [6, 6.07) is 4.27. The first-order valence-electron chi connectivity index (χ1n) is 3.21. The van der Waals surface area contributed by atoms with Crippen LogP contribution in [-0.4, -0.2) is 0 Å². The molecule has 4 heteroatoms. The monoisotopic (exact) mass is 464 g/mol. The minimum absolute atomic E-state index is 1.19. The summed E-state index contributed by atoms with van der Waals surface area (Å²) in [5.74, 6) is 0. The molecule has 0 aliphatic rings. The van der Waals surface area contributed by atoms with Crippen molar-refractivity contribution in [3.63, 3.8) is 0 Å². The molecule has 1 heterocycles. The van der Waals surface area contributed by atoms with Gasteiger partial charge >= 0.3 is 0 Å². The van der Waals surface area contributed by atoms with Gasteiger partial charge < -0.3 is 0 Å². The SMILES string of the molecule is Brc1ccc2scc(I)c2c1I. The van der Waals surface area contributed by atoms with E-state index in [0.717, 1.165) is 0 Å². The van der Waals surface area contributed by atoms with Gasteiger partial charge in [-0.3, -0.25) is 0 Å². The van der Waals surface area contributed by atoms with Crippen LogP contribution in [0.4, 0.5) is 0 Å². The van der Waals surface area contributed by atoms with E-state index in [-0.39, 0.29) is 0 Å². The average Bonchev–Trinajstić information content (AvgIpc) is 2.41. The summed E-state index contributed by atoms with van der Waals surface area (Å²) in [5, 5.41) is 3.58. The molecule has 0 saturated heterocycles. The highest BCUT2D eigenvalue weighted by atomic mass is 127. The molecular weight excluding hydrogens is 462 g/mol. The van der Waals surface area contributed by atoms with E-state index in [9.17, 15) is 0 Å². The Labute approximate surface area is 110 Å². The Kier molecular flexibility index (Phi) is 2.98. The molecule has 0 N–H and O–H groups in total. The van der Waals surface area contributed by atoms with Crippen LogP contribution in [0.5, 0.6) is 0 Å². The van der Waals surface area contributed by atoms with Crippen molar-refractivity contribution in [1.29, 1.82) is 0 Å². The van der Waals surface area contributed by atoms with Crippen LogP contribution in [0.1, 0.15) is 0 Å². The first-order chi connectivity index (χ1) is 5.70. The highest BCUT2D eigenvalue weighted by Crippen LogP contribution is 2.34. The van der Waals surface area contributed by atoms with Crippen LogP contribution in [-0.2, 0) is 0 Å². The smallest absolute Gasteiger partial charge is 0.0370 e. The van der Waals surface area contributed by atoms with Gasteiger partial charge in [-0.2, -0.15) is 0 Å². The zero-order chi connectivity index (χ0) is 8.72. The van der Waals surface area contributed by atoms with Crippen molar-refractivity contribution in [1.82, 2.24) is 0 Å². The summed E-state index contributed by atoms with van der Waals surface area (Å²) >= 11 is 10.1. The maximum absolute atomic E-state index is 3.53. The molecule has 1 aromatic heterocycles. The van der Waals surface area contributed by atoms with Gasteiger partial charge in [-0.25, -0.2) is 0 Å². The number of thiophene rings is 1. The van der Waals surface area contributed by atoms with Gasteiger partial charge in [0.25, 0.3) is 0 Å². The fraction of sp³-hybridized carbons (Fsp3) is 0. The summed E-state index contributed by atoms with van der Waals surface area (Å²) in [7, 11) is 0. The summed E-state index contributed by atoms with van der Waals surface area (Å²) < 4.78 is 5.22. The molecule has 0 atom stereocenters. The summed E-state index contributed by atoms with van der Waals surface area (Å²) in [5.41, 5.74) is 0. The molecule has 0 bridgehead atoms. The van der Waals surface area contributed by atoms with Gasteiger partial charge in [0.1, 0.15) is 0 Å². The lowest BCUT2D eigenvalue weighted by atomic mass is 10.3. The first kappa shape index (κ1) is 9.67. The van der Waals surface area contributed by atoms with Gasteiger partial charge in [0.2, 0.25) is 0 Å². The number of rotatable bonds is 0. The summed E-state index contributed by atoms with van der Waals surface area (Å²) in [6.45, 7) is 0. The quantitative estimate of drug-likeness (QED) is 0.488. The molecule has 0 amide bonds. The molecule has 0 saturated carbocycles. The summed E-state index contributed by atoms with van der Waals surface area (Å²) in [6.07, 6.45) is 0. The van der Waals surface area contributed by atoms with E-state index >= 15 is 0 Å². The number of halogens is 3. The van der Waals surface area contributed by atoms with E-state index in [1.807, 2.05) is 0 Å². The average molecular weight is 465 g/mol. The second-order valence-corrected chi connectivity index (χ2v) is 6.32. The van der Waals surface area contributed by atoms with Crippen molar-refractivity contribution >= 4 is 82.5 Å². The Morgan fingerprint density at radius 2 is 2.00 bits per heavy atom. The van der Waals surface area contributed by atoms with Gasteiger partial charge in [-0.05, 0) is 73.2 Å². The molecule has 62 valence electrons. The van der Waals surface area contributed by atoms with Crippen molar-refractivity contribution < 1.29 is 0 Å². The van der Waals surface area contributed by atoms with Crippen LogP contribution in [0.15, 0.2) is 22.0 Å². The van der Waals surface area contributed by atoms with Gasteiger partial charge in [-0.1, -0.05) is 0 Å². The number of benzene rings is 1. The summed E-state index contributed by atoms with van der Waals surface area (Å²) in [4.78, 5) is 0. The molecule has 0 aliphatic carbocycles. The van der Waals surface area contributed by atoms with E-state index in [4.69, 9.17) is 0 Å². The Bertz CT molecular complexity index is 436. The largest absolute Gasteiger partial charge is 0.143 e. The fourth-order valence-electron chi connectivity index (χ4n) is 1.03. The molecule has 2 rings (SSSR count). The van der Waals surface area contributed by atoms with Crippen LogP contribution in [0.25, 0.3) is 10.1 Å². The Hall–Kier alpha value is 1.12. The minimum atomic E-state index is 1.19. The molecule has 0 spiro atoms. The number of fused-ring (bicyclic) bond motifs is 1. The third kappa shape index (κ3) is 1.55. The topological polar surface area (TPSA) is 0 Å². The van der Waals surface area contributed by atoms with Crippen molar-refractivity contribution in [2.75, 3.05) is 0 Å². The number of hydrogen-bond donors (Lipinski definition) is 0. The van der Waals surface area contributed by atoms with Crippen LogP contribution in [0.2, 0.25) is 0 Å². The highest BCUT2D eigenvalue weighted by molar-refractivity contribution is 14.1. The van der Waals surface area contributed by atoms with Crippen molar-refractivity contribution in [3.8, 4) is 0 Å². The standard InChI is InChI=1S/C8H3BrI2S/c9-4-1-2-6-7(8(4)11)5(10)3-12-6/h1-3H. The van der Waals surface area contributed by atoms with E-state index < -0.39 is 0 Å². The molecule has 0 unspecified atom stereocenters. The minimum Gasteiger partial charge on any atom is -0.143 e. The fourth-order valence-corrected chi connectivity index (χ4v) is 4.77. The molecule has 1 aromatic carbocycles. The van der Waals surface area contributed by atoms with E-state index in [1.165, 1.54) is 21.7 Å². The molecule has 12 heavy (non-hydrogen) atoms. The highest BCUT2D eigenvalue weighted by Gasteiger charge is 2.07. The third-order valence-corrected chi connectivity index (χ3v) is 6.33. The van der Waals surface area contributed by atoms with Crippen LogP contribution < -0.4 is 0 Å². The van der Waals surface area contributed by atoms with Crippen molar-refractivity contribution in [2.45, 2.75) is 0 Å². The van der Waals surface area contributed by atoms with Gasteiger partial charge in [0.05, 0.1) is 0 Å². The van der Waals surface area contributed by atoms with Gasteiger partial charge in [0.15, 0.2) is 0 Å². The van der Waals surface area contributed by atoms with Crippen LogP contribution in [0, 0.1) is 7.14 Å². The molecule has 0 fully saturated rings. The van der Waals surface area contributed by atoms with Crippen molar-refractivity contribution in [3.05, 3.63) is 29.1 Å². The van der Waals surface area contributed by atoms with Gasteiger partial charge in [-0.15, -0.1) is 11.3 Å². The first-order valence-corrected chi connectivity index (χ1v) is 7.04. The lowest BCUT2D eigenvalue weighted by Gasteiger charge is -1.97. The second kappa shape index (κ2) is 3.70. The zero-order valence-corrected chi connectivity index (χ0v) is 12.5. The molecule has 0 aliphatic heterocycles. The van der Waals surface area contributed by atoms with E-state index in [1.54, 1.807) is 11.3 Å². The third-order valence-electron chi connectivity index (χ3n) is 1.58. The molecule has 0 radical (unpaired) electrons. The number of hydrogen-bond acceptors (Lipinski definition) is 1. The van der Waals surface area contributed by atoms with Crippen LogP contribution in [0.3, 0.4) is 0 Å². The van der Waals surface area contributed by atoms with Crippen molar-refractivity contribution in [2.24, 2.45) is 0 Å². The normalized spacial score (nSPS) is 10.9. The Morgan fingerprint density at radius 3 is 2.75 bits per heavy atom. The Morgan fingerprint density at radius 1 is 1.25 bits per heavy atom. The molecular formula is C8H3BrI2S. The van der Waals surface area contributed by atoms with Gasteiger partial charge in [0, 0.05) is 27.1 Å². The zero-order valence-electron chi connectivity index (χ0n) is 5.77. The maximum Gasteiger partial charge on any atom is 0.0370 e. The second-order valence-electron chi connectivity index (χ2n) is 2.32. The molecule has 2 aromatic rings. The van der Waals surface area contributed by atoms with E-state index in [2.05, 4.69) is 78.6 Å². The van der Waals surface area contributed by atoms with E-state index in [0.29, 0.717) is 0 Å². The van der Waals surface area contributed by atoms with Crippen LogP contribution >= 0.6 is 72.4 Å². The Balaban J connectivity index is 2.96. The lowest BCUT2D eigenvalue weighted by molar-refractivity contribution is 1.68. The predicted molar refractivity (Wildman–Crippen MR) is 75.0 cm³/mol. The predicted octanol–water partition coefficient (Wildman–Crippen LogP) is 4.87. The maximum atomic E-state index is 3.53. The molecule has 0 nitrogen and oxygen atoms in total. The lowest BCUT2D eigenvalue weighted by Crippen LogP contribution is -1.76.